The molecule has 0 saturated carbocycles. The number of nitrogens with zero attached hydrogens (tertiary/aromatic N) is 2. The zero-order valence-corrected chi connectivity index (χ0v) is 13.2. The van der Waals surface area contributed by atoms with Crippen LogP contribution in [-0.2, 0) is 16.0 Å². The summed E-state index contributed by atoms with van der Waals surface area (Å²) in [6.07, 6.45) is 0.258. The summed E-state index contributed by atoms with van der Waals surface area (Å²) in [5.74, 6) is -0.132. The van der Waals surface area contributed by atoms with Crippen LogP contribution in [-0.4, -0.2) is 48.9 Å². The van der Waals surface area contributed by atoms with E-state index >= 15 is 0 Å². The highest BCUT2D eigenvalue weighted by Crippen LogP contribution is 2.17. The predicted molar refractivity (Wildman–Crippen MR) is 80.8 cm³/mol. The number of anilines is 1. The number of amides is 2. The van der Waals surface area contributed by atoms with Gasteiger partial charge in [0.1, 0.15) is 0 Å². The van der Waals surface area contributed by atoms with Gasteiger partial charge in [0.2, 0.25) is 11.8 Å². The van der Waals surface area contributed by atoms with E-state index in [0.717, 1.165) is 6.54 Å². The van der Waals surface area contributed by atoms with E-state index in [4.69, 9.17) is 0 Å². The van der Waals surface area contributed by atoms with Gasteiger partial charge in [0.05, 0.1) is 12.1 Å². The van der Waals surface area contributed by atoms with Crippen molar-refractivity contribution in [2.45, 2.75) is 20.3 Å². The summed E-state index contributed by atoms with van der Waals surface area (Å²) < 4.78 is 0. The second-order valence-electron chi connectivity index (χ2n) is 4.88. The van der Waals surface area contributed by atoms with E-state index in [-0.39, 0.29) is 24.2 Å². The van der Waals surface area contributed by atoms with Gasteiger partial charge < -0.3 is 15.5 Å². The van der Waals surface area contributed by atoms with Crippen LogP contribution in [0.5, 0.6) is 0 Å². The minimum atomic E-state index is -0.0864. The van der Waals surface area contributed by atoms with Gasteiger partial charge in [-0.2, -0.15) is 0 Å². The molecule has 112 valence electrons. The molecule has 1 aromatic rings. The molecular formula is C13H22N4O2S. The van der Waals surface area contributed by atoms with Crippen LogP contribution in [0.25, 0.3) is 0 Å². The van der Waals surface area contributed by atoms with Crippen molar-refractivity contribution in [2.75, 3.05) is 32.5 Å². The lowest BCUT2D eigenvalue weighted by Crippen LogP contribution is -2.33. The molecule has 0 saturated heterocycles. The molecule has 0 atom stereocenters. The predicted octanol–water partition coefficient (Wildman–Crippen LogP) is 0.958. The lowest BCUT2D eigenvalue weighted by Gasteiger charge is -2.16. The fraction of sp³-hybridized carbons (Fsp3) is 0.615. The maximum absolute atomic E-state index is 11.9. The maximum atomic E-state index is 11.9. The Bertz CT molecular complexity index is 459. The summed E-state index contributed by atoms with van der Waals surface area (Å²) in [5, 5.41) is 8.08. The fourth-order valence-corrected chi connectivity index (χ4v) is 2.10. The first-order chi connectivity index (χ1) is 9.43. The maximum Gasteiger partial charge on any atom is 0.228 e. The lowest BCUT2D eigenvalue weighted by molar-refractivity contribution is -0.129. The van der Waals surface area contributed by atoms with E-state index in [2.05, 4.69) is 15.6 Å². The molecule has 1 heterocycles. The fourth-order valence-electron chi connectivity index (χ4n) is 1.39. The number of likely N-dealkylation sites (N-methyl/N-ethyl adjacent to an activating group) is 2. The molecule has 0 bridgehead atoms. The van der Waals surface area contributed by atoms with Gasteiger partial charge in [-0.25, -0.2) is 4.98 Å². The molecule has 1 rings (SSSR count). The van der Waals surface area contributed by atoms with Crippen molar-refractivity contribution in [1.82, 2.24) is 15.2 Å². The molecule has 0 aliphatic heterocycles. The molecule has 1 aromatic heterocycles. The number of aromatic nitrogens is 1. The van der Waals surface area contributed by atoms with Gasteiger partial charge >= 0.3 is 0 Å². The number of carbonyl (C=O) groups excluding carboxylic acids is 2. The monoisotopic (exact) mass is 298 g/mol. The minimum absolute atomic E-state index is 0.0206. The summed E-state index contributed by atoms with van der Waals surface area (Å²) in [4.78, 5) is 29.4. The van der Waals surface area contributed by atoms with Crippen molar-refractivity contribution in [3.63, 3.8) is 0 Å². The SMILES string of the molecule is CNCCN(C)C(=O)Cc1csc(NC(=O)C(C)C)n1. The van der Waals surface area contributed by atoms with Gasteiger partial charge in [-0.3, -0.25) is 9.59 Å². The third kappa shape index (κ3) is 5.26. The van der Waals surface area contributed by atoms with Gasteiger partial charge in [-0.15, -0.1) is 11.3 Å². The van der Waals surface area contributed by atoms with Crippen LogP contribution in [0.2, 0.25) is 0 Å². The van der Waals surface area contributed by atoms with Crippen LogP contribution >= 0.6 is 11.3 Å². The van der Waals surface area contributed by atoms with Crippen molar-refractivity contribution >= 4 is 28.3 Å². The molecule has 0 aliphatic rings. The topological polar surface area (TPSA) is 74.3 Å². The van der Waals surface area contributed by atoms with Crippen LogP contribution in [0, 0.1) is 5.92 Å². The van der Waals surface area contributed by atoms with Gasteiger partial charge in [-0.1, -0.05) is 13.8 Å². The quantitative estimate of drug-likeness (QED) is 0.786. The van der Waals surface area contributed by atoms with E-state index in [1.807, 2.05) is 20.9 Å². The van der Waals surface area contributed by atoms with Gasteiger partial charge in [0, 0.05) is 31.4 Å². The van der Waals surface area contributed by atoms with E-state index in [1.54, 1.807) is 17.3 Å². The van der Waals surface area contributed by atoms with Crippen LogP contribution < -0.4 is 10.6 Å². The number of nitrogens with one attached hydrogen (secondary N) is 2. The Hall–Kier alpha value is -1.47. The van der Waals surface area contributed by atoms with E-state index < -0.39 is 0 Å². The minimum Gasteiger partial charge on any atom is -0.344 e. The van der Waals surface area contributed by atoms with Crippen LogP contribution in [0.3, 0.4) is 0 Å². The van der Waals surface area contributed by atoms with Crippen LogP contribution in [0.1, 0.15) is 19.5 Å². The molecule has 0 aliphatic carbocycles. The Morgan fingerprint density at radius 1 is 1.45 bits per heavy atom. The lowest BCUT2D eigenvalue weighted by atomic mass is 10.2. The van der Waals surface area contributed by atoms with Crippen LogP contribution in [0.15, 0.2) is 5.38 Å². The zero-order valence-electron chi connectivity index (χ0n) is 12.4. The largest absolute Gasteiger partial charge is 0.344 e. The molecule has 0 fully saturated rings. The molecule has 6 nitrogen and oxygen atoms in total. The summed E-state index contributed by atoms with van der Waals surface area (Å²) in [7, 11) is 3.62. The standard InChI is InChI=1S/C13H22N4O2S/c1-9(2)12(19)16-13-15-10(8-20-13)7-11(18)17(4)6-5-14-3/h8-9,14H,5-7H2,1-4H3,(H,15,16,19). The van der Waals surface area contributed by atoms with Gasteiger partial charge in [-0.05, 0) is 7.05 Å². The smallest absolute Gasteiger partial charge is 0.228 e. The van der Waals surface area contributed by atoms with E-state index in [9.17, 15) is 9.59 Å². The summed E-state index contributed by atoms with van der Waals surface area (Å²) in [5.41, 5.74) is 0.690. The Labute approximate surface area is 123 Å². The number of hydrogen-bond donors (Lipinski definition) is 2. The summed E-state index contributed by atoms with van der Waals surface area (Å²) >= 11 is 1.34. The molecule has 7 heteroatoms. The van der Waals surface area contributed by atoms with Gasteiger partial charge in [0.15, 0.2) is 5.13 Å². The third-order valence-corrected chi connectivity index (χ3v) is 3.57. The molecule has 0 radical (unpaired) electrons. The molecular weight excluding hydrogens is 276 g/mol. The Morgan fingerprint density at radius 3 is 2.75 bits per heavy atom. The molecule has 2 N–H and O–H groups in total. The Balaban J connectivity index is 2.51. The molecule has 2 amide bonds. The number of carbonyl (C=O) groups is 2. The highest BCUT2D eigenvalue weighted by molar-refractivity contribution is 7.13. The van der Waals surface area contributed by atoms with E-state index in [1.165, 1.54) is 11.3 Å². The first-order valence-corrected chi connectivity index (χ1v) is 7.45. The molecule has 0 spiro atoms. The second-order valence-corrected chi connectivity index (χ2v) is 5.74. The van der Waals surface area contributed by atoms with Crippen molar-refractivity contribution in [3.05, 3.63) is 11.1 Å². The van der Waals surface area contributed by atoms with Crippen molar-refractivity contribution in [2.24, 2.45) is 5.92 Å². The number of thiazole rings is 1. The highest BCUT2D eigenvalue weighted by Gasteiger charge is 2.13. The average Bonchev–Trinajstić information content (AvgIpc) is 2.82. The summed E-state index contributed by atoms with van der Waals surface area (Å²) in [6, 6.07) is 0. The number of rotatable bonds is 7. The third-order valence-electron chi connectivity index (χ3n) is 2.76. The van der Waals surface area contributed by atoms with Crippen molar-refractivity contribution in [1.29, 1.82) is 0 Å². The van der Waals surface area contributed by atoms with E-state index in [0.29, 0.717) is 17.4 Å². The zero-order chi connectivity index (χ0) is 15.1. The molecule has 0 aromatic carbocycles. The number of hydrogen-bond acceptors (Lipinski definition) is 5. The molecule has 0 unspecified atom stereocenters. The Morgan fingerprint density at radius 2 is 2.15 bits per heavy atom. The van der Waals surface area contributed by atoms with Crippen molar-refractivity contribution in [3.8, 4) is 0 Å². The first-order valence-electron chi connectivity index (χ1n) is 6.58. The second kappa shape index (κ2) is 7.96. The van der Waals surface area contributed by atoms with Crippen LogP contribution in [0.4, 0.5) is 5.13 Å². The normalized spacial score (nSPS) is 10.7. The highest BCUT2D eigenvalue weighted by atomic mass is 32.1. The molecule has 20 heavy (non-hydrogen) atoms. The average molecular weight is 298 g/mol. The van der Waals surface area contributed by atoms with Crippen molar-refractivity contribution < 1.29 is 9.59 Å². The first kappa shape index (κ1) is 16.6. The Kier molecular flexibility index (Phi) is 6.60. The summed E-state index contributed by atoms with van der Waals surface area (Å²) in [6.45, 7) is 5.07. The van der Waals surface area contributed by atoms with Gasteiger partial charge in [0.25, 0.3) is 0 Å².